The Labute approximate surface area is 120 Å². The van der Waals surface area contributed by atoms with Gasteiger partial charge in [-0.1, -0.05) is 20.8 Å². The van der Waals surface area contributed by atoms with Gasteiger partial charge in [-0.3, -0.25) is 4.79 Å². The summed E-state index contributed by atoms with van der Waals surface area (Å²) in [5.74, 6) is 0.310. The first kappa shape index (κ1) is 16.3. The number of methoxy groups -OCH3 is 1. The van der Waals surface area contributed by atoms with Gasteiger partial charge >= 0.3 is 0 Å². The van der Waals surface area contributed by atoms with Gasteiger partial charge in [0, 0.05) is 18.3 Å². The third kappa shape index (κ3) is 5.09. The van der Waals surface area contributed by atoms with E-state index in [4.69, 9.17) is 10.5 Å². The molecule has 4 N–H and O–H groups in total. The number of nitrogen functional groups attached to an aromatic ring is 1. The molecule has 0 saturated carbocycles. The van der Waals surface area contributed by atoms with Gasteiger partial charge < -0.3 is 20.9 Å². The van der Waals surface area contributed by atoms with Crippen molar-refractivity contribution in [3.05, 3.63) is 23.8 Å². The molecule has 0 aromatic heterocycles. The van der Waals surface area contributed by atoms with Crippen LogP contribution in [0.4, 0.5) is 5.69 Å². The summed E-state index contributed by atoms with van der Waals surface area (Å²) >= 11 is 0. The van der Waals surface area contributed by atoms with E-state index in [9.17, 15) is 9.90 Å². The zero-order chi connectivity index (χ0) is 15.3. The fourth-order valence-corrected chi connectivity index (χ4v) is 1.96. The van der Waals surface area contributed by atoms with Crippen LogP contribution in [-0.2, 0) is 0 Å². The van der Waals surface area contributed by atoms with Gasteiger partial charge in [0.1, 0.15) is 5.75 Å². The molecule has 1 aromatic carbocycles. The lowest BCUT2D eigenvalue weighted by Gasteiger charge is -2.22. The van der Waals surface area contributed by atoms with Crippen LogP contribution in [0.5, 0.6) is 5.75 Å². The van der Waals surface area contributed by atoms with Crippen LogP contribution in [-0.4, -0.2) is 30.8 Å². The maximum absolute atomic E-state index is 12.0. The third-order valence-corrected chi connectivity index (χ3v) is 2.85. The fourth-order valence-electron chi connectivity index (χ4n) is 1.96. The Balaban J connectivity index is 2.59. The summed E-state index contributed by atoms with van der Waals surface area (Å²) < 4.78 is 5.03. The molecule has 1 amide bonds. The Morgan fingerprint density at radius 3 is 2.60 bits per heavy atom. The second-order valence-electron chi connectivity index (χ2n) is 6.08. The summed E-state index contributed by atoms with van der Waals surface area (Å²) in [5, 5.41) is 12.6. The zero-order valence-corrected chi connectivity index (χ0v) is 12.6. The van der Waals surface area contributed by atoms with Crippen molar-refractivity contribution in [1.82, 2.24) is 5.32 Å². The van der Waals surface area contributed by atoms with Gasteiger partial charge in [-0.05, 0) is 24.0 Å². The van der Waals surface area contributed by atoms with Gasteiger partial charge in [-0.2, -0.15) is 0 Å². The maximum atomic E-state index is 12.0. The standard InChI is InChI=1S/C15H24N2O3/c1-15(2,3)8-10(18)9-17-14(19)12-6-5-11(20-4)7-13(12)16/h5-7,10,18H,8-9,16H2,1-4H3,(H,17,19). The Hall–Kier alpha value is -1.75. The molecule has 1 aromatic rings. The van der Waals surface area contributed by atoms with Gasteiger partial charge in [0.2, 0.25) is 0 Å². The number of ether oxygens (including phenoxy) is 1. The molecule has 0 aliphatic rings. The van der Waals surface area contributed by atoms with Crippen molar-refractivity contribution < 1.29 is 14.6 Å². The van der Waals surface area contributed by atoms with Crippen LogP contribution in [0.15, 0.2) is 18.2 Å². The lowest BCUT2D eigenvalue weighted by atomic mass is 9.89. The molecular weight excluding hydrogens is 256 g/mol. The fraction of sp³-hybridized carbons (Fsp3) is 0.533. The number of aliphatic hydroxyl groups excluding tert-OH is 1. The number of hydrogen-bond acceptors (Lipinski definition) is 4. The molecule has 0 radical (unpaired) electrons. The number of rotatable bonds is 5. The minimum absolute atomic E-state index is 0.0171. The molecule has 1 atom stereocenters. The zero-order valence-electron chi connectivity index (χ0n) is 12.6. The number of benzene rings is 1. The quantitative estimate of drug-likeness (QED) is 0.718. The number of carbonyl (C=O) groups is 1. The molecule has 0 fully saturated rings. The highest BCUT2D eigenvalue weighted by Gasteiger charge is 2.18. The molecule has 0 aliphatic heterocycles. The molecule has 1 rings (SSSR count). The number of aliphatic hydroxyl groups is 1. The Kier molecular flexibility index (Phi) is 5.39. The van der Waals surface area contributed by atoms with Gasteiger partial charge in [-0.15, -0.1) is 0 Å². The molecule has 112 valence electrons. The molecule has 20 heavy (non-hydrogen) atoms. The second-order valence-corrected chi connectivity index (χ2v) is 6.08. The highest BCUT2D eigenvalue weighted by atomic mass is 16.5. The highest BCUT2D eigenvalue weighted by molar-refractivity contribution is 5.99. The van der Waals surface area contributed by atoms with Gasteiger partial charge in [0.25, 0.3) is 5.91 Å². The lowest BCUT2D eigenvalue weighted by Crippen LogP contribution is -2.34. The lowest BCUT2D eigenvalue weighted by molar-refractivity contribution is 0.0869. The number of nitrogens with two attached hydrogens (primary N) is 1. The monoisotopic (exact) mass is 280 g/mol. The highest BCUT2D eigenvalue weighted by Crippen LogP contribution is 2.21. The smallest absolute Gasteiger partial charge is 0.253 e. The maximum Gasteiger partial charge on any atom is 0.253 e. The van der Waals surface area contributed by atoms with Crippen LogP contribution in [0.3, 0.4) is 0 Å². The normalized spacial score (nSPS) is 12.8. The summed E-state index contributed by atoms with van der Waals surface area (Å²) in [4.78, 5) is 12.0. The summed E-state index contributed by atoms with van der Waals surface area (Å²) in [5.41, 5.74) is 6.56. The topological polar surface area (TPSA) is 84.6 Å². The summed E-state index contributed by atoms with van der Waals surface area (Å²) in [6.07, 6.45) is 0.0455. The van der Waals surface area contributed by atoms with Gasteiger partial charge in [-0.25, -0.2) is 0 Å². The van der Waals surface area contributed by atoms with E-state index in [-0.39, 0.29) is 17.9 Å². The molecule has 0 bridgehead atoms. The molecule has 0 saturated heterocycles. The number of carbonyl (C=O) groups excluding carboxylic acids is 1. The minimum atomic E-state index is -0.571. The average molecular weight is 280 g/mol. The van der Waals surface area contributed by atoms with E-state index in [2.05, 4.69) is 5.32 Å². The Morgan fingerprint density at radius 2 is 2.10 bits per heavy atom. The van der Waals surface area contributed by atoms with Gasteiger partial charge in [0.05, 0.1) is 18.8 Å². The third-order valence-electron chi connectivity index (χ3n) is 2.85. The summed E-state index contributed by atoms with van der Waals surface area (Å²) in [6.45, 7) is 6.33. The number of amides is 1. The van der Waals surface area contributed by atoms with Crippen LogP contribution in [0.25, 0.3) is 0 Å². The average Bonchev–Trinajstić information content (AvgIpc) is 2.33. The predicted molar refractivity (Wildman–Crippen MR) is 79.8 cm³/mol. The molecule has 0 spiro atoms. The van der Waals surface area contributed by atoms with Gasteiger partial charge in [0.15, 0.2) is 0 Å². The van der Waals surface area contributed by atoms with Crippen LogP contribution < -0.4 is 15.8 Å². The number of anilines is 1. The van der Waals surface area contributed by atoms with E-state index in [1.807, 2.05) is 20.8 Å². The van der Waals surface area contributed by atoms with E-state index in [1.165, 1.54) is 7.11 Å². The van der Waals surface area contributed by atoms with Crippen molar-refractivity contribution in [2.75, 3.05) is 19.4 Å². The van der Waals surface area contributed by atoms with Crippen molar-refractivity contribution in [3.63, 3.8) is 0 Å². The molecular formula is C15H24N2O3. The summed E-state index contributed by atoms with van der Waals surface area (Å²) in [6, 6.07) is 4.89. The first-order valence-electron chi connectivity index (χ1n) is 6.63. The molecule has 1 unspecified atom stereocenters. The SMILES string of the molecule is COc1ccc(C(=O)NCC(O)CC(C)(C)C)c(N)c1. The van der Waals surface area contributed by atoms with Crippen molar-refractivity contribution >= 4 is 11.6 Å². The molecule has 0 aliphatic carbocycles. The Morgan fingerprint density at radius 1 is 1.45 bits per heavy atom. The van der Waals surface area contributed by atoms with E-state index in [0.717, 1.165) is 0 Å². The minimum Gasteiger partial charge on any atom is -0.497 e. The van der Waals surface area contributed by atoms with E-state index >= 15 is 0 Å². The molecule has 5 heteroatoms. The van der Waals surface area contributed by atoms with E-state index < -0.39 is 6.10 Å². The van der Waals surface area contributed by atoms with Crippen LogP contribution in [0.1, 0.15) is 37.6 Å². The van der Waals surface area contributed by atoms with Crippen LogP contribution in [0.2, 0.25) is 0 Å². The van der Waals surface area contributed by atoms with Crippen molar-refractivity contribution in [2.45, 2.75) is 33.3 Å². The van der Waals surface area contributed by atoms with Crippen molar-refractivity contribution in [2.24, 2.45) is 5.41 Å². The molecule has 0 heterocycles. The van der Waals surface area contributed by atoms with Crippen LogP contribution in [0, 0.1) is 5.41 Å². The number of hydrogen-bond donors (Lipinski definition) is 3. The first-order chi connectivity index (χ1) is 9.23. The molecule has 5 nitrogen and oxygen atoms in total. The predicted octanol–water partition coefficient (Wildman–Crippen LogP) is 1.80. The van der Waals surface area contributed by atoms with E-state index in [0.29, 0.717) is 23.4 Å². The second kappa shape index (κ2) is 6.61. The van der Waals surface area contributed by atoms with Crippen molar-refractivity contribution in [3.8, 4) is 5.75 Å². The van der Waals surface area contributed by atoms with E-state index in [1.54, 1.807) is 18.2 Å². The van der Waals surface area contributed by atoms with Crippen molar-refractivity contribution in [1.29, 1.82) is 0 Å². The first-order valence-corrected chi connectivity index (χ1v) is 6.63. The Bertz CT molecular complexity index is 467. The largest absolute Gasteiger partial charge is 0.497 e. The van der Waals surface area contributed by atoms with Crippen LogP contribution >= 0.6 is 0 Å². The summed E-state index contributed by atoms with van der Waals surface area (Å²) in [7, 11) is 1.54. The number of nitrogens with one attached hydrogen (secondary N) is 1.